The smallest absolute Gasteiger partial charge is 0.340 e. The topological polar surface area (TPSA) is 53.5 Å². The van der Waals surface area contributed by atoms with Gasteiger partial charge < -0.3 is 5.32 Å². The number of guanidine groups is 1. The minimum atomic E-state index is -4.74. The summed E-state index contributed by atoms with van der Waals surface area (Å²) >= 11 is 0. The maximum absolute atomic E-state index is 13.0. The quantitative estimate of drug-likeness (QED) is 0.765. The Morgan fingerprint density at radius 3 is 2.53 bits per heavy atom. The van der Waals surface area contributed by atoms with Crippen molar-refractivity contribution in [1.29, 1.82) is 0 Å². The van der Waals surface area contributed by atoms with Gasteiger partial charge in [-0.25, -0.2) is 4.39 Å². The lowest BCUT2D eigenvalue weighted by Crippen LogP contribution is -2.25. The fourth-order valence-electron chi connectivity index (χ4n) is 1.79. The Balaban J connectivity index is 2.49. The van der Waals surface area contributed by atoms with Gasteiger partial charge in [0.05, 0.1) is 5.56 Å². The van der Waals surface area contributed by atoms with Crippen molar-refractivity contribution in [3.05, 3.63) is 35.1 Å². The zero-order chi connectivity index (χ0) is 14.2. The number of nitrogens with zero attached hydrogens (tertiary/aromatic N) is 1. The molecule has 0 aromatic heterocycles. The number of halogens is 4. The van der Waals surface area contributed by atoms with Crippen molar-refractivity contribution in [2.75, 3.05) is 7.05 Å². The van der Waals surface area contributed by atoms with Gasteiger partial charge in [-0.15, -0.1) is 0 Å². The average molecular weight is 275 g/mol. The van der Waals surface area contributed by atoms with E-state index < -0.39 is 29.5 Å². The van der Waals surface area contributed by atoms with Crippen molar-refractivity contribution in [2.45, 2.75) is 12.2 Å². The van der Waals surface area contributed by atoms with E-state index >= 15 is 0 Å². The summed E-state index contributed by atoms with van der Waals surface area (Å²) < 4.78 is 51.5. The first-order chi connectivity index (χ1) is 8.82. The third-order valence-electron chi connectivity index (χ3n) is 2.64. The van der Waals surface area contributed by atoms with Gasteiger partial charge in [0.2, 0.25) is 0 Å². The van der Waals surface area contributed by atoms with E-state index in [0.29, 0.717) is 6.07 Å². The van der Waals surface area contributed by atoms with Crippen LogP contribution in [0.3, 0.4) is 0 Å². The number of carbonyl (C=O) groups excluding carboxylic acids is 1. The second-order valence-corrected chi connectivity index (χ2v) is 3.87. The van der Waals surface area contributed by atoms with E-state index in [2.05, 4.69) is 15.6 Å². The van der Waals surface area contributed by atoms with Crippen LogP contribution in [-0.2, 0) is 11.0 Å². The molecular formula is C11H9F4N3O. The number of alkyl halides is 3. The highest BCUT2D eigenvalue weighted by molar-refractivity contribution is 6.06. The van der Waals surface area contributed by atoms with Gasteiger partial charge in [0.1, 0.15) is 11.9 Å². The number of hydrogen-bond acceptors (Lipinski definition) is 2. The third kappa shape index (κ3) is 2.51. The van der Waals surface area contributed by atoms with E-state index in [1.807, 2.05) is 0 Å². The van der Waals surface area contributed by atoms with E-state index in [1.54, 1.807) is 0 Å². The Labute approximate surface area is 105 Å². The number of amides is 1. The van der Waals surface area contributed by atoms with Gasteiger partial charge >= 0.3 is 6.18 Å². The lowest BCUT2D eigenvalue weighted by atomic mass is 10.00. The third-order valence-corrected chi connectivity index (χ3v) is 2.64. The zero-order valence-corrected chi connectivity index (χ0v) is 9.68. The lowest BCUT2D eigenvalue weighted by molar-refractivity contribution is -0.138. The van der Waals surface area contributed by atoms with Crippen LogP contribution in [0.15, 0.2) is 23.2 Å². The van der Waals surface area contributed by atoms with Crippen LogP contribution < -0.4 is 10.6 Å². The van der Waals surface area contributed by atoms with Crippen molar-refractivity contribution in [2.24, 2.45) is 4.99 Å². The summed E-state index contributed by atoms with van der Waals surface area (Å²) in [6.45, 7) is 0. The van der Waals surface area contributed by atoms with Crippen LogP contribution in [0.5, 0.6) is 0 Å². The average Bonchev–Trinajstić information content (AvgIpc) is 2.69. The molecule has 1 unspecified atom stereocenters. The van der Waals surface area contributed by atoms with E-state index in [0.717, 1.165) is 12.1 Å². The van der Waals surface area contributed by atoms with Gasteiger partial charge in [-0.2, -0.15) is 13.2 Å². The highest BCUT2D eigenvalue weighted by Crippen LogP contribution is 2.35. The van der Waals surface area contributed by atoms with E-state index in [-0.39, 0.29) is 11.5 Å². The molecule has 1 atom stereocenters. The first kappa shape index (κ1) is 13.3. The summed E-state index contributed by atoms with van der Waals surface area (Å²) in [6, 6.07) is 0.941. The molecule has 0 spiro atoms. The molecule has 19 heavy (non-hydrogen) atoms. The predicted molar refractivity (Wildman–Crippen MR) is 58.8 cm³/mol. The minimum Gasteiger partial charge on any atom is -0.340 e. The second kappa shape index (κ2) is 4.52. The molecule has 1 amide bonds. The van der Waals surface area contributed by atoms with Gasteiger partial charge in [0, 0.05) is 7.05 Å². The van der Waals surface area contributed by atoms with Gasteiger partial charge in [-0.3, -0.25) is 15.1 Å². The fraction of sp³-hybridized carbons (Fsp3) is 0.273. The zero-order valence-electron chi connectivity index (χ0n) is 9.68. The van der Waals surface area contributed by atoms with Crippen LogP contribution in [0.2, 0.25) is 0 Å². The first-order valence-corrected chi connectivity index (χ1v) is 5.23. The molecule has 102 valence electrons. The number of nitrogens with one attached hydrogen (secondary N) is 2. The highest BCUT2D eigenvalue weighted by Gasteiger charge is 2.39. The Morgan fingerprint density at radius 1 is 1.32 bits per heavy atom. The van der Waals surface area contributed by atoms with Crippen LogP contribution in [0.25, 0.3) is 0 Å². The maximum atomic E-state index is 13.0. The summed E-state index contributed by atoms with van der Waals surface area (Å²) in [5, 5.41) is 4.79. The van der Waals surface area contributed by atoms with Crippen molar-refractivity contribution in [1.82, 2.24) is 10.6 Å². The number of benzene rings is 1. The molecule has 2 rings (SSSR count). The number of hydrogen-bond donors (Lipinski definition) is 2. The van der Waals surface area contributed by atoms with Crippen LogP contribution >= 0.6 is 0 Å². The van der Waals surface area contributed by atoms with Crippen LogP contribution in [0.1, 0.15) is 17.2 Å². The largest absolute Gasteiger partial charge is 0.416 e. The summed E-state index contributed by atoms with van der Waals surface area (Å²) in [4.78, 5) is 15.2. The fourth-order valence-corrected chi connectivity index (χ4v) is 1.79. The molecule has 1 fully saturated rings. The van der Waals surface area contributed by atoms with Crippen LogP contribution in [0.4, 0.5) is 17.6 Å². The molecular weight excluding hydrogens is 266 g/mol. The number of rotatable bonds is 1. The standard InChI is InChI=1S/C11H9F4N3O/c1-16-10-17-8(9(19)18-10)6-3-2-5(12)4-7(6)11(13,14)15/h2-4,8H,1H3,(H2,16,17,18,19). The van der Waals surface area contributed by atoms with Crippen molar-refractivity contribution < 1.29 is 22.4 Å². The normalized spacial score (nSPS) is 21.4. The molecule has 0 aliphatic carbocycles. The van der Waals surface area contributed by atoms with E-state index in [4.69, 9.17) is 0 Å². The van der Waals surface area contributed by atoms with E-state index in [9.17, 15) is 22.4 Å². The summed E-state index contributed by atoms with van der Waals surface area (Å²) in [6.07, 6.45) is -4.74. The van der Waals surface area contributed by atoms with E-state index in [1.165, 1.54) is 7.05 Å². The Kier molecular flexibility index (Phi) is 3.17. The number of aliphatic imine (C=N–C) groups is 1. The Hall–Kier alpha value is -2.12. The lowest BCUT2D eigenvalue weighted by Gasteiger charge is -2.16. The molecule has 0 bridgehead atoms. The van der Waals surface area contributed by atoms with Crippen molar-refractivity contribution in [3.63, 3.8) is 0 Å². The maximum Gasteiger partial charge on any atom is 0.416 e. The van der Waals surface area contributed by atoms with Gasteiger partial charge in [-0.1, -0.05) is 6.07 Å². The summed E-state index contributed by atoms with van der Waals surface area (Å²) in [5.41, 5.74) is -1.53. The molecule has 1 aliphatic heterocycles. The molecule has 1 aliphatic rings. The molecule has 0 saturated carbocycles. The highest BCUT2D eigenvalue weighted by atomic mass is 19.4. The van der Waals surface area contributed by atoms with Crippen LogP contribution in [0, 0.1) is 5.82 Å². The molecule has 1 aromatic carbocycles. The second-order valence-electron chi connectivity index (χ2n) is 3.87. The van der Waals surface area contributed by atoms with Gasteiger partial charge in [0.25, 0.3) is 5.91 Å². The van der Waals surface area contributed by atoms with Crippen molar-refractivity contribution in [3.8, 4) is 0 Å². The summed E-state index contributed by atoms with van der Waals surface area (Å²) in [5.74, 6) is -1.61. The SMILES string of the molecule is CN=C1NC(=O)C(c2ccc(F)cc2C(F)(F)F)N1. The number of carbonyl (C=O) groups is 1. The minimum absolute atomic E-state index is 0.0763. The predicted octanol–water partition coefficient (Wildman–Crippen LogP) is 1.59. The van der Waals surface area contributed by atoms with Gasteiger partial charge in [0.15, 0.2) is 5.96 Å². The summed E-state index contributed by atoms with van der Waals surface area (Å²) in [7, 11) is 1.38. The van der Waals surface area contributed by atoms with Crippen molar-refractivity contribution >= 4 is 11.9 Å². The van der Waals surface area contributed by atoms with Crippen LogP contribution in [-0.4, -0.2) is 18.9 Å². The molecule has 8 heteroatoms. The molecule has 0 radical (unpaired) electrons. The monoisotopic (exact) mass is 275 g/mol. The first-order valence-electron chi connectivity index (χ1n) is 5.23. The molecule has 1 heterocycles. The Morgan fingerprint density at radius 2 is 2.00 bits per heavy atom. The molecule has 4 nitrogen and oxygen atoms in total. The Bertz CT molecular complexity index is 553. The molecule has 1 aromatic rings. The molecule has 1 saturated heterocycles. The van der Waals surface area contributed by atoms with Gasteiger partial charge in [-0.05, 0) is 17.7 Å². The molecule has 2 N–H and O–H groups in total.